The maximum Gasteiger partial charge on any atom is 0.337 e. The largest absolute Gasteiger partial charge is 0.465 e. The Hall–Kier alpha value is -3.15. The molecule has 2 N–H and O–H groups in total. The zero-order chi connectivity index (χ0) is 18.2. The Morgan fingerprint density at radius 3 is 2.20 bits per heavy atom. The minimum Gasteiger partial charge on any atom is -0.465 e. The molecule has 6 nitrogen and oxygen atoms in total. The van der Waals surface area contributed by atoms with Crippen LogP contribution in [0.2, 0.25) is 0 Å². The molecule has 2 amide bonds. The highest BCUT2D eigenvalue weighted by molar-refractivity contribution is 5.93. The van der Waals surface area contributed by atoms with Crippen LogP contribution in [0, 0.1) is 0 Å². The molecule has 0 aliphatic carbocycles. The molecule has 0 spiro atoms. The maximum absolute atomic E-state index is 12.3. The van der Waals surface area contributed by atoms with Gasteiger partial charge >= 0.3 is 5.97 Å². The van der Waals surface area contributed by atoms with Crippen molar-refractivity contribution in [3.05, 3.63) is 65.7 Å². The first-order valence-corrected chi connectivity index (χ1v) is 7.80. The van der Waals surface area contributed by atoms with Gasteiger partial charge in [0, 0.05) is 12.6 Å². The minimum atomic E-state index is -0.437. The van der Waals surface area contributed by atoms with E-state index in [4.69, 9.17) is 0 Å². The van der Waals surface area contributed by atoms with Gasteiger partial charge in [0.15, 0.2) is 0 Å². The lowest BCUT2D eigenvalue weighted by molar-refractivity contribution is -0.120. The number of amides is 2. The van der Waals surface area contributed by atoms with Gasteiger partial charge in [0.2, 0.25) is 11.8 Å². The molecule has 0 heterocycles. The van der Waals surface area contributed by atoms with Crippen LogP contribution >= 0.6 is 0 Å². The molecule has 0 aromatic heterocycles. The molecule has 0 unspecified atom stereocenters. The molecule has 6 heteroatoms. The van der Waals surface area contributed by atoms with E-state index in [-0.39, 0.29) is 18.2 Å². The monoisotopic (exact) mass is 340 g/mol. The van der Waals surface area contributed by atoms with Crippen molar-refractivity contribution in [2.24, 2.45) is 0 Å². The van der Waals surface area contributed by atoms with Crippen LogP contribution in [0.15, 0.2) is 54.6 Å². The molecule has 2 aromatic rings. The van der Waals surface area contributed by atoms with Crippen molar-refractivity contribution >= 4 is 23.5 Å². The Bertz CT molecular complexity index is 742. The van der Waals surface area contributed by atoms with Crippen LogP contribution < -0.4 is 10.6 Å². The van der Waals surface area contributed by atoms with Crippen LogP contribution in [0.1, 0.15) is 35.3 Å². The molecular weight excluding hydrogens is 320 g/mol. The van der Waals surface area contributed by atoms with Crippen LogP contribution in [-0.2, 0) is 14.3 Å². The first kappa shape index (κ1) is 18.2. The highest BCUT2D eigenvalue weighted by Gasteiger charge is 2.17. The van der Waals surface area contributed by atoms with Gasteiger partial charge in [-0.15, -0.1) is 0 Å². The third-order valence-electron chi connectivity index (χ3n) is 3.56. The quantitative estimate of drug-likeness (QED) is 0.792. The predicted molar refractivity (Wildman–Crippen MR) is 94.0 cm³/mol. The Labute approximate surface area is 146 Å². The summed E-state index contributed by atoms with van der Waals surface area (Å²) in [4.78, 5) is 35.1. The van der Waals surface area contributed by atoms with Crippen LogP contribution in [0.25, 0.3) is 0 Å². The molecule has 2 rings (SSSR count). The summed E-state index contributed by atoms with van der Waals surface area (Å²) in [5, 5.41) is 5.54. The van der Waals surface area contributed by atoms with Gasteiger partial charge in [-0.2, -0.15) is 0 Å². The fraction of sp³-hybridized carbons (Fsp3) is 0.211. The lowest BCUT2D eigenvalue weighted by Crippen LogP contribution is -2.29. The average Bonchev–Trinajstić information content (AvgIpc) is 2.61. The van der Waals surface area contributed by atoms with Crippen molar-refractivity contribution in [3.63, 3.8) is 0 Å². The van der Waals surface area contributed by atoms with Crippen molar-refractivity contribution in [3.8, 4) is 0 Å². The zero-order valence-electron chi connectivity index (χ0n) is 14.1. The standard InChI is InChI=1S/C19H20N2O4/c1-13(22)20-17(14-6-4-3-5-7-14)12-18(23)21-16-10-8-15(9-11-16)19(24)25-2/h3-11,17H,12H2,1-2H3,(H,20,22)(H,21,23)/t17-/m0/s1. The third kappa shape index (κ3) is 5.46. The molecule has 0 aliphatic heterocycles. The summed E-state index contributed by atoms with van der Waals surface area (Å²) in [5.74, 6) is -0.884. The summed E-state index contributed by atoms with van der Waals surface area (Å²) < 4.78 is 4.63. The highest BCUT2D eigenvalue weighted by atomic mass is 16.5. The van der Waals surface area contributed by atoms with Gasteiger partial charge < -0.3 is 15.4 Å². The van der Waals surface area contributed by atoms with Gasteiger partial charge in [-0.05, 0) is 29.8 Å². The number of hydrogen-bond acceptors (Lipinski definition) is 4. The van der Waals surface area contributed by atoms with E-state index in [1.165, 1.54) is 14.0 Å². The van der Waals surface area contributed by atoms with Crippen molar-refractivity contribution in [2.75, 3.05) is 12.4 Å². The summed E-state index contributed by atoms with van der Waals surface area (Å²) in [5.41, 5.74) is 1.82. The van der Waals surface area contributed by atoms with E-state index in [1.807, 2.05) is 30.3 Å². The van der Waals surface area contributed by atoms with Gasteiger partial charge in [-0.3, -0.25) is 9.59 Å². The van der Waals surface area contributed by atoms with Crippen LogP contribution in [-0.4, -0.2) is 24.9 Å². The maximum atomic E-state index is 12.3. The number of hydrogen-bond donors (Lipinski definition) is 2. The molecular formula is C19H20N2O4. The Balaban J connectivity index is 2.03. The number of anilines is 1. The highest BCUT2D eigenvalue weighted by Crippen LogP contribution is 2.18. The summed E-state index contributed by atoms with van der Waals surface area (Å²) in [6, 6.07) is 15.3. The van der Waals surface area contributed by atoms with E-state index < -0.39 is 12.0 Å². The van der Waals surface area contributed by atoms with Crippen molar-refractivity contribution < 1.29 is 19.1 Å². The fourth-order valence-corrected chi connectivity index (χ4v) is 2.39. The predicted octanol–water partition coefficient (Wildman–Crippen LogP) is 2.68. The molecule has 0 radical (unpaired) electrons. The van der Waals surface area contributed by atoms with Crippen LogP contribution in [0.5, 0.6) is 0 Å². The number of benzene rings is 2. The van der Waals surface area contributed by atoms with E-state index in [0.717, 1.165) is 5.56 Å². The summed E-state index contributed by atoms with van der Waals surface area (Å²) in [6.45, 7) is 1.42. The number of rotatable bonds is 6. The molecule has 0 saturated carbocycles. The second-order valence-corrected chi connectivity index (χ2v) is 5.49. The van der Waals surface area contributed by atoms with E-state index in [9.17, 15) is 14.4 Å². The summed E-state index contributed by atoms with van der Waals surface area (Å²) in [6.07, 6.45) is 0.0996. The van der Waals surface area contributed by atoms with Gasteiger partial charge in [-0.25, -0.2) is 4.79 Å². The Morgan fingerprint density at radius 2 is 1.64 bits per heavy atom. The number of esters is 1. The normalized spacial score (nSPS) is 11.3. The zero-order valence-corrected chi connectivity index (χ0v) is 14.1. The lowest BCUT2D eigenvalue weighted by Gasteiger charge is -2.18. The first-order chi connectivity index (χ1) is 12.0. The SMILES string of the molecule is COC(=O)c1ccc(NC(=O)C[C@H](NC(C)=O)c2ccccc2)cc1. The smallest absolute Gasteiger partial charge is 0.337 e. The van der Waals surface area contributed by atoms with Crippen molar-refractivity contribution in [1.29, 1.82) is 0 Å². The van der Waals surface area contributed by atoms with Crippen LogP contribution in [0.3, 0.4) is 0 Å². The second kappa shape index (κ2) is 8.63. The Morgan fingerprint density at radius 1 is 1.00 bits per heavy atom. The van der Waals surface area contributed by atoms with Gasteiger partial charge in [0.05, 0.1) is 25.1 Å². The van der Waals surface area contributed by atoms with Crippen molar-refractivity contribution in [2.45, 2.75) is 19.4 Å². The Kier molecular flexibility index (Phi) is 6.28. The number of carbonyl (C=O) groups excluding carboxylic acids is 3. The molecule has 0 aliphatic rings. The number of ether oxygens (including phenoxy) is 1. The van der Waals surface area contributed by atoms with E-state index in [2.05, 4.69) is 15.4 Å². The molecule has 0 bridgehead atoms. The molecule has 2 aromatic carbocycles. The summed E-state index contributed by atoms with van der Waals surface area (Å²) >= 11 is 0. The fourth-order valence-electron chi connectivity index (χ4n) is 2.39. The van der Waals surface area contributed by atoms with Crippen LogP contribution in [0.4, 0.5) is 5.69 Å². The van der Waals surface area contributed by atoms with Gasteiger partial charge in [-0.1, -0.05) is 30.3 Å². The molecule has 130 valence electrons. The second-order valence-electron chi connectivity index (χ2n) is 5.49. The number of nitrogens with one attached hydrogen (secondary N) is 2. The van der Waals surface area contributed by atoms with Crippen molar-refractivity contribution in [1.82, 2.24) is 5.32 Å². The number of carbonyl (C=O) groups is 3. The van der Waals surface area contributed by atoms with E-state index >= 15 is 0 Å². The minimum absolute atomic E-state index is 0.0996. The summed E-state index contributed by atoms with van der Waals surface area (Å²) in [7, 11) is 1.31. The first-order valence-electron chi connectivity index (χ1n) is 7.80. The lowest BCUT2D eigenvalue weighted by atomic mass is 10.0. The topological polar surface area (TPSA) is 84.5 Å². The third-order valence-corrected chi connectivity index (χ3v) is 3.56. The van der Waals surface area contributed by atoms with Gasteiger partial charge in [0.1, 0.15) is 0 Å². The average molecular weight is 340 g/mol. The molecule has 25 heavy (non-hydrogen) atoms. The molecule has 0 saturated heterocycles. The molecule has 0 fully saturated rings. The number of methoxy groups -OCH3 is 1. The van der Waals surface area contributed by atoms with Gasteiger partial charge in [0.25, 0.3) is 0 Å². The molecule has 1 atom stereocenters. The van der Waals surface area contributed by atoms with E-state index in [1.54, 1.807) is 24.3 Å². The van der Waals surface area contributed by atoms with E-state index in [0.29, 0.717) is 11.3 Å².